The van der Waals surface area contributed by atoms with Crippen molar-refractivity contribution in [3.8, 4) is 0 Å². The van der Waals surface area contributed by atoms with E-state index in [0.717, 1.165) is 6.42 Å². The molecule has 64 valence electrons. The van der Waals surface area contributed by atoms with Gasteiger partial charge in [0.15, 0.2) is 0 Å². The third kappa shape index (κ3) is 2.23. The van der Waals surface area contributed by atoms with Gasteiger partial charge in [0.05, 0.1) is 0 Å². The molecule has 0 aliphatic heterocycles. The standard InChI is InChI=1S/C12H16/c1-4-6-12-8-5-7-10(2)9-11(12)3/h4,6-9H,5H2,1-3H3/b6-4-. The molecule has 0 radical (unpaired) electrons. The summed E-state index contributed by atoms with van der Waals surface area (Å²) in [6.07, 6.45) is 12.1. The van der Waals surface area contributed by atoms with Gasteiger partial charge in [-0.05, 0) is 38.3 Å². The normalized spacial score (nSPS) is 18.4. The second-order valence-corrected chi connectivity index (χ2v) is 3.17. The lowest BCUT2D eigenvalue weighted by Crippen LogP contribution is -1.79. The second kappa shape index (κ2) is 4.10. The number of hydrogen-bond donors (Lipinski definition) is 0. The Morgan fingerprint density at radius 1 is 1.25 bits per heavy atom. The molecule has 0 fully saturated rings. The van der Waals surface area contributed by atoms with Gasteiger partial charge in [-0.3, -0.25) is 0 Å². The largest absolute Gasteiger partial charge is 0.0871 e. The Hall–Kier alpha value is -1.04. The van der Waals surface area contributed by atoms with E-state index >= 15 is 0 Å². The van der Waals surface area contributed by atoms with Crippen LogP contribution >= 0.6 is 0 Å². The maximum Gasteiger partial charge on any atom is -0.0154 e. The fourth-order valence-corrected chi connectivity index (χ4v) is 1.40. The molecule has 0 aromatic rings. The lowest BCUT2D eigenvalue weighted by atomic mass is 10.1. The highest BCUT2D eigenvalue weighted by Crippen LogP contribution is 2.18. The molecule has 1 rings (SSSR count). The third-order valence-electron chi connectivity index (χ3n) is 2.02. The van der Waals surface area contributed by atoms with Crippen molar-refractivity contribution in [1.82, 2.24) is 0 Å². The highest BCUT2D eigenvalue weighted by Gasteiger charge is 1.98. The van der Waals surface area contributed by atoms with E-state index < -0.39 is 0 Å². The van der Waals surface area contributed by atoms with Crippen molar-refractivity contribution in [3.05, 3.63) is 47.1 Å². The maximum atomic E-state index is 2.27. The summed E-state index contributed by atoms with van der Waals surface area (Å²) in [6.45, 7) is 6.36. The summed E-state index contributed by atoms with van der Waals surface area (Å²) in [5.41, 5.74) is 4.08. The van der Waals surface area contributed by atoms with Crippen LogP contribution in [0.1, 0.15) is 27.2 Å². The van der Waals surface area contributed by atoms with Gasteiger partial charge < -0.3 is 0 Å². The Morgan fingerprint density at radius 3 is 2.67 bits per heavy atom. The van der Waals surface area contributed by atoms with Gasteiger partial charge in [0.1, 0.15) is 0 Å². The molecule has 0 bridgehead atoms. The molecular formula is C12H16. The van der Waals surface area contributed by atoms with Crippen LogP contribution in [0, 0.1) is 0 Å². The highest BCUT2D eigenvalue weighted by atomic mass is 14.0. The van der Waals surface area contributed by atoms with E-state index in [4.69, 9.17) is 0 Å². The molecule has 0 nitrogen and oxygen atoms in total. The van der Waals surface area contributed by atoms with Gasteiger partial charge in [-0.15, -0.1) is 0 Å². The van der Waals surface area contributed by atoms with E-state index in [9.17, 15) is 0 Å². The average Bonchev–Trinajstić information content (AvgIpc) is 2.15. The van der Waals surface area contributed by atoms with Crippen LogP contribution in [0.2, 0.25) is 0 Å². The minimum absolute atomic E-state index is 1.05. The van der Waals surface area contributed by atoms with Crippen molar-refractivity contribution < 1.29 is 0 Å². The van der Waals surface area contributed by atoms with Crippen LogP contribution < -0.4 is 0 Å². The first-order valence-corrected chi connectivity index (χ1v) is 4.42. The van der Waals surface area contributed by atoms with Crippen molar-refractivity contribution in [2.75, 3.05) is 0 Å². The molecule has 12 heavy (non-hydrogen) atoms. The van der Waals surface area contributed by atoms with Gasteiger partial charge >= 0.3 is 0 Å². The predicted molar refractivity (Wildman–Crippen MR) is 55.0 cm³/mol. The van der Waals surface area contributed by atoms with Crippen molar-refractivity contribution in [3.63, 3.8) is 0 Å². The van der Waals surface area contributed by atoms with E-state index in [1.165, 1.54) is 16.7 Å². The summed E-state index contributed by atoms with van der Waals surface area (Å²) in [5.74, 6) is 0. The van der Waals surface area contributed by atoms with Gasteiger partial charge in [0.25, 0.3) is 0 Å². The van der Waals surface area contributed by atoms with Crippen LogP contribution in [0.3, 0.4) is 0 Å². The van der Waals surface area contributed by atoms with Gasteiger partial charge in [-0.25, -0.2) is 0 Å². The first-order chi connectivity index (χ1) is 5.74. The van der Waals surface area contributed by atoms with Crippen molar-refractivity contribution in [2.45, 2.75) is 27.2 Å². The van der Waals surface area contributed by atoms with E-state index in [1.54, 1.807) is 0 Å². The molecule has 0 saturated heterocycles. The number of allylic oxidation sites excluding steroid dienone is 8. The zero-order chi connectivity index (χ0) is 8.97. The summed E-state index contributed by atoms with van der Waals surface area (Å²) in [6, 6.07) is 0. The quantitative estimate of drug-likeness (QED) is 0.547. The smallest absolute Gasteiger partial charge is 0.0154 e. The molecule has 0 heterocycles. The van der Waals surface area contributed by atoms with Crippen LogP contribution in [-0.2, 0) is 0 Å². The third-order valence-corrected chi connectivity index (χ3v) is 2.02. The van der Waals surface area contributed by atoms with Crippen LogP contribution in [0.4, 0.5) is 0 Å². The molecule has 0 aromatic heterocycles. The second-order valence-electron chi connectivity index (χ2n) is 3.17. The first-order valence-electron chi connectivity index (χ1n) is 4.42. The molecule has 0 unspecified atom stereocenters. The zero-order valence-electron chi connectivity index (χ0n) is 8.09. The van der Waals surface area contributed by atoms with Crippen molar-refractivity contribution >= 4 is 0 Å². The van der Waals surface area contributed by atoms with E-state index in [1.807, 2.05) is 0 Å². The molecule has 1 aliphatic rings. The van der Waals surface area contributed by atoms with Crippen LogP contribution in [-0.4, -0.2) is 0 Å². The fraction of sp³-hybridized carbons (Fsp3) is 0.333. The van der Waals surface area contributed by atoms with Crippen LogP contribution in [0.5, 0.6) is 0 Å². The van der Waals surface area contributed by atoms with Crippen LogP contribution in [0.25, 0.3) is 0 Å². The summed E-state index contributed by atoms with van der Waals surface area (Å²) in [5, 5.41) is 0. The summed E-state index contributed by atoms with van der Waals surface area (Å²) < 4.78 is 0. The van der Waals surface area contributed by atoms with Crippen LogP contribution in [0.15, 0.2) is 47.1 Å². The Labute approximate surface area is 75.0 Å². The Morgan fingerprint density at radius 2 is 2.00 bits per heavy atom. The van der Waals surface area contributed by atoms with E-state index in [-0.39, 0.29) is 0 Å². The Kier molecular flexibility index (Phi) is 3.09. The molecule has 0 saturated carbocycles. The lowest BCUT2D eigenvalue weighted by Gasteiger charge is -1.99. The Bertz CT molecular complexity index is 272. The summed E-state index contributed by atoms with van der Waals surface area (Å²) in [7, 11) is 0. The van der Waals surface area contributed by atoms with Gasteiger partial charge in [0, 0.05) is 0 Å². The summed E-state index contributed by atoms with van der Waals surface area (Å²) >= 11 is 0. The minimum atomic E-state index is 1.05. The van der Waals surface area contributed by atoms with Gasteiger partial charge in [0.2, 0.25) is 0 Å². The van der Waals surface area contributed by atoms with Crippen molar-refractivity contribution in [1.29, 1.82) is 0 Å². The van der Waals surface area contributed by atoms with E-state index in [0.29, 0.717) is 0 Å². The Balaban J connectivity index is 2.92. The highest BCUT2D eigenvalue weighted by molar-refractivity contribution is 5.44. The maximum absolute atomic E-state index is 2.27. The van der Waals surface area contributed by atoms with Gasteiger partial charge in [-0.2, -0.15) is 0 Å². The molecule has 0 spiro atoms. The molecule has 0 aromatic carbocycles. The number of rotatable bonds is 1. The molecule has 0 atom stereocenters. The SMILES string of the molecule is C/C=C\C1=CCC=C(C)C=C1C. The molecular weight excluding hydrogens is 144 g/mol. The lowest BCUT2D eigenvalue weighted by molar-refractivity contribution is 1.33. The minimum Gasteiger partial charge on any atom is -0.0871 e. The topological polar surface area (TPSA) is 0 Å². The molecule has 0 amide bonds. The first kappa shape index (κ1) is 9.05. The molecule has 1 aliphatic carbocycles. The monoisotopic (exact) mass is 160 g/mol. The van der Waals surface area contributed by atoms with E-state index in [2.05, 4.69) is 51.2 Å². The fourth-order valence-electron chi connectivity index (χ4n) is 1.40. The van der Waals surface area contributed by atoms with Gasteiger partial charge in [-0.1, -0.05) is 36.0 Å². The number of hydrogen-bond acceptors (Lipinski definition) is 0. The average molecular weight is 160 g/mol. The summed E-state index contributed by atoms with van der Waals surface area (Å²) in [4.78, 5) is 0. The molecule has 0 N–H and O–H groups in total. The predicted octanol–water partition coefficient (Wildman–Crippen LogP) is 3.79. The van der Waals surface area contributed by atoms with Crippen molar-refractivity contribution in [2.24, 2.45) is 0 Å². The zero-order valence-corrected chi connectivity index (χ0v) is 8.09. The molecule has 0 heteroatoms.